The second-order valence-electron chi connectivity index (χ2n) is 6.03. The number of anilines is 2. The summed E-state index contributed by atoms with van der Waals surface area (Å²) in [4.78, 5) is 41.1. The van der Waals surface area contributed by atoms with Gasteiger partial charge in [-0.3, -0.25) is 19.4 Å². The number of aryl methyl sites for hydroxylation is 1. The number of nitrogens with zero attached hydrogens (tertiary/aromatic N) is 1. The standard InChI is InChI=1S/C20H17ClN4O3S/c1-12-9-17(25-19(27)14-6-2-3-7-15(14)21)29-18(12)20(28)23-11-16(26)24-13-5-4-8-22-10-13/h2-10H,11H2,1H3,(H,23,28)(H,24,26)(H,25,27). The van der Waals surface area contributed by atoms with Gasteiger partial charge in [0, 0.05) is 6.20 Å². The zero-order valence-electron chi connectivity index (χ0n) is 15.4. The first-order valence-corrected chi connectivity index (χ1v) is 9.78. The number of halogens is 1. The molecule has 0 fully saturated rings. The number of thiophene rings is 1. The number of amides is 3. The molecule has 148 valence electrons. The first kappa shape index (κ1) is 20.5. The number of carbonyl (C=O) groups is 3. The Balaban J connectivity index is 1.59. The Labute approximate surface area is 176 Å². The maximum atomic E-state index is 12.4. The molecule has 3 N–H and O–H groups in total. The summed E-state index contributed by atoms with van der Waals surface area (Å²) >= 11 is 7.16. The highest BCUT2D eigenvalue weighted by Gasteiger charge is 2.17. The highest BCUT2D eigenvalue weighted by Crippen LogP contribution is 2.27. The fourth-order valence-electron chi connectivity index (χ4n) is 2.48. The number of nitrogens with one attached hydrogen (secondary N) is 3. The molecule has 2 aromatic heterocycles. The van der Waals surface area contributed by atoms with E-state index in [4.69, 9.17) is 11.6 Å². The van der Waals surface area contributed by atoms with Gasteiger partial charge < -0.3 is 16.0 Å². The molecule has 9 heteroatoms. The van der Waals surface area contributed by atoms with Crippen molar-refractivity contribution < 1.29 is 14.4 Å². The molecule has 0 radical (unpaired) electrons. The number of hydrogen-bond acceptors (Lipinski definition) is 5. The minimum Gasteiger partial charge on any atom is -0.342 e. The Kier molecular flexibility index (Phi) is 6.58. The smallest absolute Gasteiger partial charge is 0.262 e. The van der Waals surface area contributed by atoms with Gasteiger partial charge in [0.05, 0.1) is 38.9 Å². The molecule has 2 heterocycles. The van der Waals surface area contributed by atoms with E-state index in [1.807, 2.05) is 0 Å². The Morgan fingerprint density at radius 2 is 1.86 bits per heavy atom. The van der Waals surface area contributed by atoms with Gasteiger partial charge in [0.25, 0.3) is 11.8 Å². The van der Waals surface area contributed by atoms with Gasteiger partial charge in [-0.05, 0) is 42.8 Å². The number of carbonyl (C=O) groups excluding carboxylic acids is 3. The van der Waals surface area contributed by atoms with Crippen molar-refractivity contribution in [2.45, 2.75) is 6.92 Å². The van der Waals surface area contributed by atoms with E-state index in [-0.39, 0.29) is 18.4 Å². The van der Waals surface area contributed by atoms with Crippen molar-refractivity contribution in [3.05, 3.63) is 75.9 Å². The van der Waals surface area contributed by atoms with Crippen molar-refractivity contribution in [2.75, 3.05) is 17.2 Å². The highest BCUT2D eigenvalue weighted by atomic mass is 35.5. The van der Waals surface area contributed by atoms with E-state index in [9.17, 15) is 14.4 Å². The topological polar surface area (TPSA) is 100 Å². The first-order valence-electron chi connectivity index (χ1n) is 8.58. The number of rotatable bonds is 6. The second-order valence-corrected chi connectivity index (χ2v) is 7.49. The molecule has 1 aromatic carbocycles. The van der Waals surface area contributed by atoms with Crippen LogP contribution in [0.25, 0.3) is 0 Å². The van der Waals surface area contributed by atoms with Crippen molar-refractivity contribution in [1.82, 2.24) is 10.3 Å². The SMILES string of the molecule is Cc1cc(NC(=O)c2ccccc2Cl)sc1C(=O)NCC(=O)Nc1cccnc1. The number of hydrogen-bond donors (Lipinski definition) is 3. The molecule has 0 atom stereocenters. The van der Waals surface area contributed by atoms with Crippen molar-refractivity contribution in [2.24, 2.45) is 0 Å². The summed E-state index contributed by atoms with van der Waals surface area (Å²) < 4.78 is 0. The van der Waals surface area contributed by atoms with Crippen molar-refractivity contribution in [3.8, 4) is 0 Å². The van der Waals surface area contributed by atoms with Crippen LogP contribution >= 0.6 is 22.9 Å². The summed E-state index contributed by atoms with van der Waals surface area (Å²) in [5.74, 6) is -1.13. The third kappa shape index (κ3) is 5.40. The van der Waals surface area contributed by atoms with Crippen LogP contribution in [0.4, 0.5) is 10.7 Å². The zero-order valence-corrected chi connectivity index (χ0v) is 16.9. The van der Waals surface area contributed by atoms with E-state index < -0.39 is 5.91 Å². The second kappa shape index (κ2) is 9.31. The van der Waals surface area contributed by atoms with Crippen LogP contribution in [0.2, 0.25) is 5.02 Å². The van der Waals surface area contributed by atoms with Gasteiger partial charge in [0.2, 0.25) is 5.91 Å². The third-order valence-electron chi connectivity index (χ3n) is 3.83. The first-order chi connectivity index (χ1) is 13.9. The largest absolute Gasteiger partial charge is 0.342 e. The van der Waals surface area contributed by atoms with E-state index in [1.165, 1.54) is 6.20 Å². The van der Waals surface area contributed by atoms with Crippen LogP contribution in [-0.4, -0.2) is 29.3 Å². The summed E-state index contributed by atoms with van der Waals surface area (Å²) in [5, 5.41) is 8.80. The van der Waals surface area contributed by atoms with Crippen LogP contribution in [0.3, 0.4) is 0 Å². The molecule has 3 rings (SSSR count). The predicted molar refractivity (Wildman–Crippen MR) is 114 cm³/mol. The van der Waals surface area contributed by atoms with E-state index >= 15 is 0 Å². The van der Waals surface area contributed by atoms with Gasteiger partial charge in [-0.1, -0.05) is 23.7 Å². The maximum absolute atomic E-state index is 12.4. The van der Waals surface area contributed by atoms with Crippen molar-refractivity contribution in [1.29, 1.82) is 0 Å². The summed E-state index contributed by atoms with van der Waals surface area (Å²) in [6, 6.07) is 11.8. The lowest BCUT2D eigenvalue weighted by molar-refractivity contribution is -0.115. The van der Waals surface area contributed by atoms with Crippen LogP contribution < -0.4 is 16.0 Å². The summed E-state index contributed by atoms with van der Waals surface area (Å²) in [7, 11) is 0. The predicted octanol–water partition coefficient (Wildman–Crippen LogP) is 3.73. The molecule has 3 amide bonds. The van der Waals surface area contributed by atoms with Crippen LogP contribution in [0.5, 0.6) is 0 Å². The molecule has 0 saturated heterocycles. The molecular formula is C20H17ClN4O3S. The van der Waals surface area contributed by atoms with Crippen molar-refractivity contribution in [3.63, 3.8) is 0 Å². The van der Waals surface area contributed by atoms with E-state index in [0.29, 0.717) is 31.7 Å². The lowest BCUT2D eigenvalue weighted by atomic mass is 10.2. The van der Waals surface area contributed by atoms with E-state index in [1.54, 1.807) is 55.6 Å². The summed E-state index contributed by atoms with van der Waals surface area (Å²) in [6.45, 7) is 1.57. The van der Waals surface area contributed by atoms with E-state index in [0.717, 1.165) is 11.3 Å². The van der Waals surface area contributed by atoms with Gasteiger partial charge in [-0.25, -0.2) is 0 Å². The molecule has 0 saturated carbocycles. The Morgan fingerprint density at radius 1 is 1.07 bits per heavy atom. The molecule has 0 aliphatic carbocycles. The third-order valence-corrected chi connectivity index (χ3v) is 5.31. The minimum absolute atomic E-state index is 0.188. The lowest BCUT2D eigenvalue weighted by Crippen LogP contribution is -2.32. The minimum atomic E-state index is -0.396. The average molecular weight is 429 g/mol. The monoisotopic (exact) mass is 428 g/mol. The molecule has 0 spiro atoms. The molecule has 0 unspecified atom stereocenters. The fraction of sp³-hybridized carbons (Fsp3) is 0.100. The van der Waals surface area contributed by atoms with Gasteiger partial charge >= 0.3 is 0 Å². The van der Waals surface area contributed by atoms with Gasteiger partial charge in [-0.2, -0.15) is 0 Å². The Hall–Kier alpha value is -3.23. The molecule has 3 aromatic rings. The summed E-state index contributed by atoms with van der Waals surface area (Å²) in [5.41, 5.74) is 1.58. The molecular weight excluding hydrogens is 412 g/mol. The van der Waals surface area contributed by atoms with Crippen LogP contribution in [0.1, 0.15) is 25.6 Å². The molecule has 0 bridgehead atoms. The molecule has 7 nitrogen and oxygen atoms in total. The van der Waals surface area contributed by atoms with Crippen LogP contribution in [-0.2, 0) is 4.79 Å². The summed E-state index contributed by atoms with van der Waals surface area (Å²) in [6.07, 6.45) is 3.11. The Bertz CT molecular complexity index is 1050. The number of benzene rings is 1. The van der Waals surface area contributed by atoms with Crippen LogP contribution in [0.15, 0.2) is 54.9 Å². The zero-order chi connectivity index (χ0) is 20.8. The van der Waals surface area contributed by atoms with Gasteiger partial charge in [0.1, 0.15) is 0 Å². The van der Waals surface area contributed by atoms with Gasteiger partial charge in [-0.15, -0.1) is 11.3 Å². The lowest BCUT2D eigenvalue weighted by Gasteiger charge is -2.06. The number of pyridine rings is 1. The molecule has 0 aliphatic heterocycles. The maximum Gasteiger partial charge on any atom is 0.262 e. The normalized spacial score (nSPS) is 10.3. The highest BCUT2D eigenvalue weighted by molar-refractivity contribution is 7.18. The number of aromatic nitrogens is 1. The fourth-order valence-corrected chi connectivity index (χ4v) is 3.68. The quantitative estimate of drug-likeness (QED) is 0.557. The molecule has 29 heavy (non-hydrogen) atoms. The van der Waals surface area contributed by atoms with E-state index in [2.05, 4.69) is 20.9 Å². The Morgan fingerprint density at radius 3 is 2.59 bits per heavy atom. The van der Waals surface area contributed by atoms with Gasteiger partial charge in [0.15, 0.2) is 0 Å². The van der Waals surface area contributed by atoms with Crippen LogP contribution in [0, 0.1) is 6.92 Å². The average Bonchev–Trinajstić information content (AvgIpc) is 3.07. The van der Waals surface area contributed by atoms with Crippen molar-refractivity contribution >= 4 is 51.3 Å². The molecule has 0 aliphatic rings.